The fourth-order valence-corrected chi connectivity index (χ4v) is 2.99. The van der Waals surface area contributed by atoms with E-state index in [0.29, 0.717) is 0 Å². The predicted octanol–water partition coefficient (Wildman–Crippen LogP) is 3.67. The molecule has 24 heavy (non-hydrogen) atoms. The molecule has 0 spiro atoms. The lowest BCUT2D eigenvalue weighted by molar-refractivity contribution is -0.122. The maximum atomic E-state index is 12.3. The molecule has 2 rings (SSSR count). The van der Waals surface area contributed by atoms with E-state index in [-0.39, 0.29) is 39.7 Å². The first-order valence-electron chi connectivity index (χ1n) is 7.99. The number of halogens is 2. The number of carbonyl (C=O) groups is 3. The van der Waals surface area contributed by atoms with Gasteiger partial charge in [-0.25, -0.2) is 0 Å². The van der Waals surface area contributed by atoms with Crippen LogP contribution < -0.4 is 5.32 Å². The second-order valence-corrected chi connectivity index (χ2v) is 6.79. The van der Waals surface area contributed by atoms with Crippen LogP contribution in [0.3, 0.4) is 0 Å². The molecule has 130 valence electrons. The predicted molar refractivity (Wildman–Crippen MR) is 93.6 cm³/mol. The van der Waals surface area contributed by atoms with Crippen molar-refractivity contribution in [3.63, 3.8) is 0 Å². The Hall–Kier alpha value is -1.59. The normalized spacial score (nSPS) is 14.8. The zero-order valence-corrected chi connectivity index (χ0v) is 15.2. The minimum atomic E-state index is -0.526. The Bertz CT molecular complexity index is 635. The number of carbonyl (C=O) groups excluding carboxylic acids is 3. The smallest absolute Gasteiger partial charge is 0.262 e. The number of imide groups is 1. The summed E-state index contributed by atoms with van der Waals surface area (Å²) in [6.45, 7) is 3.72. The highest BCUT2D eigenvalue weighted by atomic mass is 35.5. The van der Waals surface area contributed by atoms with Crippen LogP contribution in [-0.4, -0.2) is 35.2 Å². The van der Waals surface area contributed by atoms with Gasteiger partial charge in [-0.3, -0.25) is 19.3 Å². The highest BCUT2D eigenvalue weighted by Gasteiger charge is 2.37. The van der Waals surface area contributed by atoms with Crippen molar-refractivity contribution in [2.24, 2.45) is 0 Å². The molecule has 0 saturated carbocycles. The molecule has 1 aromatic rings. The van der Waals surface area contributed by atoms with Crippen LogP contribution in [0.25, 0.3) is 0 Å². The van der Waals surface area contributed by atoms with Gasteiger partial charge in [-0.05, 0) is 25.5 Å². The van der Waals surface area contributed by atoms with Crippen molar-refractivity contribution in [2.75, 3.05) is 6.54 Å². The Morgan fingerprint density at radius 3 is 2.17 bits per heavy atom. The molecule has 1 atom stereocenters. The minimum Gasteiger partial charge on any atom is -0.352 e. The van der Waals surface area contributed by atoms with Crippen LogP contribution in [0.1, 0.15) is 60.2 Å². The Morgan fingerprint density at radius 2 is 1.67 bits per heavy atom. The van der Waals surface area contributed by atoms with Crippen LogP contribution in [0.15, 0.2) is 12.1 Å². The van der Waals surface area contributed by atoms with E-state index in [9.17, 15) is 14.4 Å². The molecule has 1 N–H and O–H groups in total. The molecule has 1 aliphatic heterocycles. The molecular formula is C17H20Cl2N2O3. The van der Waals surface area contributed by atoms with Gasteiger partial charge in [0.2, 0.25) is 5.91 Å². The third-order valence-corrected chi connectivity index (χ3v) is 4.68. The molecule has 5 nitrogen and oxygen atoms in total. The quantitative estimate of drug-likeness (QED) is 0.587. The average Bonchev–Trinajstić information content (AvgIpc) is 2.73. The number of unbranched alkanes of at least 4 members (excludes halogenated alkanes) is 2. The maximum Gasteiger partial charge on any atom is 0.262 e. The van der Waals surface area contributed by atoms with Crippen LogP contribution in [-0.2, 0) is 4.79 Å². The van der Waals surface area contributed by atoms with Gasteiger partial charge < -0.3 is 5.32 Å². The van der Waals surface area contributed by atoms with Crippen molar-refractivity contribution in [1.82, 2.24) is 10.2 Å². The first kappa shape index (κ1) is 18.7. The fraction of sp³-hybridized carbons (Fsp3) is 0.471. The number of amides is 3. The van der Waals surface area contributed by atoms with Crippen molar-refractivity contribution in [2.45, 2.75) is 45.6 Å². The average molecular weight is 371 g/mol. The number of fused-ring (bicyclic) bond motifs is 1. The molecule has 7 heteroatoms. The SMILES string of the molecule is CCCCC[C@H](C)NC(=O)CN1C(=O)c2cc(Cl)c(Cl)cc2C1=O. The van der Waals surface area contributed by atoms with E-state index in [1.165, 1.54) is 12.1 Å². The second-order valence-electron chi connectivity index (χ2n) is 5.97. The molecule has 0 fully saturated rings. The zero-order valence-electron chi connectivity index (χ0n) is 13.7. The summed E-state index contributed by atoms with van der Waals surface area (Å²) in [5.74, 6) is -1.41. The number of hydrogen-bond acceptors (Lipinski definition) is 3. The van der Waals surface area contributed by atoms with Crippen LogP contribution in [0, 0.1) is 0 Å². The van der Waals surface area contributed by atoms with Gasteiger partial charge >= 0.3 is 0 Å². The summed E-state index contributed by atoms with van der Waals surface area (Å²) < 4.78 is 0. The van der Waals surface area contributed by atoms with Crippen LogP contribution in [0.4, 0.5) is 0 Å². The number of benzene rings is 1. The summed E-state index contributed by atoms with van der Waals surface area (Å²) in [7, 11) is 0. The van der Waals surface area contributed by atoms with E-state index in [2.05, 4.69) is 12.2 Å². The van der Waals surface area contributed by atoms with Crippen LogP contribution in [0.5, 0.6) is 0 Å². The van der Waals surface area contributed by atoms with Gasteiger partial charge in [0.05, 0.1) is 21.2 Å². The highest BCUT2D eigenvalue weighted by molar-refractivity contribution is 6.43. The molecule has 0 aliphatic carbocycles. The number of hydrogen-bond donors (Lipinski definition) is 1. The summed E-state index contributed by atoms with van der Waals surface area (Å²) in [5, 5.41) is 3.22. The lowest BCUT2D eigenvalue weighted by Crippen LogP contribution is -2.43. The number of rotatable bonds is 7. The fourth-order valence-electron chi connectivity index (χ4n) is 2.66. The Balaban J connectivity index is 2.00. The molecule has 1 heterocycles. The standard InChI is InChI=1S/C17H20Cl2N2O3/c1-3-4-5-6-10(2)20-15(22)9-21-16(23)11-7-13(18)14(19)8-12(11)17(21)24/h7-8,10H,3-6,9H2,1-2H3,(H,20,22)/t10-/m0/s1. The van der Waals surface area contributed by atoms with Crippen LogP contribution in [0.2, 0.25) is 10.0 Å². The van der Waals surface area contributed by atoms with Crippen molar-refractivity contribution >= 4 is 40.9 Å². The second kappa shape index (κ2) is 7.99. The Labute approximate surface area is 151 Å². The largest absolute Gasteiger partial charge is 0.352 e. The Morgan fingerprint density at radius 1 is 1.12 bits per heavy atom. The monoisotopic (exact) mass is 370 g/mol. The van der Waals surface area contributed by atoms with Gasteiger partial charge in [-0.15, -0.1) is 0 Å². The molecule has 3 amide bonds. The minimum absolute atomic E-state index is 0.00289. The van der Waals surface area contributed by atoms with Gasteiger partial charge in [-0.2, -0.15) is 0 Å². The molecule has 0 bridgehead atoms. The van der Waals surface area contributed by atoms with Crippen LogP contribution >= 0.6 is 23.2 Å². The van der Waals surface area contributed by atoms with Gasteiger partial charge in [0.1, 0.15) is 6.54 Å². The van der Waals surface area contributed by atoms with Crippen molar-refractivity contribution < 1.29 is 14.4 Å². The van der Waals surface area contributed by atoms with E-state index in [4.69, 9.17) is 23.2 Å². The lowest BCUT2D eigenvalue weighted by atomic mass is 10.1. The summed E-state index contributed by atoms with van der Waals surface area (Å²) in [6, 6.07) is 2.73. The maximum absolute atomic E-state index is 12.3. The van der Waals surface area contributed by atoms with Crippen molar-refractivity contribution in [1.29, 1.82) is 0 Å². The van der Waals surface area contributed by atoms with E-state index in [1.54, 1.807) is 0 Å². The third kappa shape index (κ3) is 4.08. The number of nitrogens with one attached hydrogen (secondary N) is 1. The summed E-state index contributed by atoms with van der Waals surface area (Å²) in [4.78, 5) is 37.7. The van der Waals surface area contributed by atoms with Crippen molar-refractivity contribution in [3.05, 3.63) is 33.3 Å². The third-order valence-electron chi connectivity index (χ3n) is 3.96. The zero-order chi connectivity index (χ0) is 17.9. The van der Waals surface area contributed by atoms with E-state index >= 15 is 0 Å². The summed E-state index contributed by atoms with van der Waals surface area (Å²) in [6.07, 6.45) is 4.12. The molecule has 0 radical (unpaired) electrons. The molecule has 1 aromatic carbocycles. The van der Waals surface area contributed by atoms with E-state index in [0.717, 1.165) is 30.6 Å². The van der Waals surface area contributed by atoms with E-state index < -0.39 is 11.8 Å². The molecule has 0 unspecified atom stereocenters. The summed E-state index contributed by atoms with van der Waals surface area (Å²) >= 11 is 11.8. The van der Waals surface area contributed by atoms with Gasteiger partial charge in [-0.1, -0.05) is 49.4 Å². The van der Waals surface area contributed by atoms with Gasteiger partial charge in [0.15, 0.2) is 0 Å². The van der Waals surface area contributed by atoms with Crippen molar-refractivity contribution in [3.8, 4) is 0 Å². The van der Waals surface area contributed by atoms with Gasteiger partial charge in [0.25, 0.3) is 11.8 Å². The molecule has 0 saturated heterocycles. The topological polar surface area (TPSA) is 66.5 Å². The number of nitrogens with zero attached hydrogens (tertiary/aromatic N) is 1. The Kier molecular flexibility index (Phi) is 6.24. The first-order valence-corrected chi connectivity index (χ1v) is 8.75. The summed E-state index contributed by atoms with van der Waals surface area (Å²) in [5.41, 5.74) is 0.358. The lowest BCUT2D eigenvalue weighted by Gasteiger charge is -2.17. The molecule has 0 aromatic heterocycles. The molecule has 1 aliphatic rings. The molecular weight excluding hydrogens is 351 g/mol. The first-order chi connectivity index (χ1) is 11.3. The highest BCUT2D eigenvalue weighted by Crippen LogP contribution is 2.31. The van der Waals surface area contributed by atoms with E-state index in [1.807, 2.05) is 6.92 Å². The van der Waals surface area contributed by atoms with Gasteiger partial charge in [0, 0.05) is 6.04 Å².